The maximum absolute atomic E-state index is 14.1. The molecule has 24 heavy (non-hydrogen) atoms. The number of nitrogens with zero attached hydrogens (tertiary/aromatic N) is 2. The molecule has 2 radical (unpaired) electrons. The molecule has 6 heteroatoms. The number of halogens is 1. The summed E-state index contributed by atoms with van der Waals surface area (Å²) in [6.07, 6.45) is 1.50. The molecule has 1 fully saturated rings. The Kier molecular flexibility index (Phi) is 4.63. The number of rotatable bonds is 3. The molecule has 4 nitrogen and oxygen atoms in total. The van der Waals surface area contributed by atoms with Crippen LogP contribution in [0.3, 0.4) is 0 Å². The Hall–Kier alpha value is -2.65. The van der Waals surface area contributed by atoms with Crippen LogP contribution in [-0.2, 0) is 11.3 Å². The van der Waals surface area contributed by atoms with Gasteiger partial charge in [-0.25, -0.2) is 9.37 Å². The minimum Gasteiger partial charge on any atom is -0.481 e. The number of hydrogen-bond acceptors (Lipinski definition) is 3. The number of carboxylic acid groups (broad SMARTS) is 1. The lowest BCUT2D eigenvalue weighted by atomic mass is 9.99. The standard InChI is InChI=1S/C18H14BFN2O2/c19-15-4-6-16(21-8-15)5-3-13-2-1-12(7-17(13)20)9-22-10-14(11-22)18(23)24/h1-2,4,6-8,14H,9-11H2,(H,23,24). The highest BCUT2D eigenvalue weighted by Crippen LogP contribution is 2.19. The molecule has 1 aromatic heterocycles. The number of carbonyl (C=O) groups is 1. The zero-order valence-corrected chi connectivity index (χ0v) is 12.9. The molecule has 118 valence electrons. The minimum atomic E-state index is -0.778. The van der Waals surface area contributed by atoms with Crippen molar-refractivity contribution in [2.45, 2.75) is 6.54 Å². The first-order valence-electron chi connectivity index (χ1n) is 7.48. The van der Waals surface area contributed by atoms with Crippen LogP contribution in [0.4, 0.5) is 4.39 Å². The summed E-state index contributed by atoms with van der Waals surface area (Å²) in [4.78, 5) is 16.8. The van der Waals surface area contributed by atoms with Crippen LogP contribution in [-0.4, -0.2) is 41.9 Å². The summed E-state index contributed by atoms with van der Waals surface area (Å²) in [6.45, 7) is 1.54. The van der Waals surface area contributed by atoms with E-state index in [1.807, 2.05) is 4.90 Å². The van der Waals surface area contributed by atoms with Crippen molar-refractivity contribution in [3.63, 3.8) is 0 Å². The maximum atomic E-state index is 14.1. The zero-order valence-electron chi connectivity index (χ0n) is 12.9. The molecule has 1 aromatic carbocycles. The molecule has 2 heterocycles. The molecular formula is C18H14BFN2O2. The monoisotopic (exact) mass is 320 g/mol. The molecule has 0 atom stereocenters. The van der Waals surface area contributed by atoms with Gasteiger partial charge in [0.1, 0.15) is 19.4 Å². The van der Waals surface area contributed by atoms with Crippen molar-refractivity contribution in [1.29, 1.82) is 0 Å². The summed E-state index contributed by atoms with van der Waals surface area (Å²) in [5.41, 5.74) is 2.16. The summed E-state index contributed by atoms with van der Waals surface area (Å²) >= 11 is 0. The molecule has 0 unspecified atom stereocenters. The first-order valence-corrected chi connectivity index (χ1v) is 7.48. The average molecular weight is 320 g/mol. The van der Waals surface area contributed by atoms with Crippen LogP contribution in [0.25, 0.3) is 0 Å². The minimum absolute atomic E-state index is 0.296. The van der Waals surface area contributed by atoms with Gasteiger partial charge in [-0.15, -0.1) is 0 Å². The van der Waals surface area contributed by atoms with Crippen LogP contribution in [0.5, 0.6) is 0 Å². The van der Waals surface area contributed by atoms with Crippen molar-refractivity contribution in [3.05, 3.63) is 59.2 Å². The molecule has 1 N–H and O–H groups in total. The normalized spacial score (nSPS) is 14.5. The number of hydrogen-bond donors (Lipinski definition) is 1. The first kappa shape index (κ1) is 16.2. The SMILES string of the molecule is [B]c1ccc(C#Cc2ccc(CN3CC(C(=O)O)C3)cc2F)nc1. The largest absolute Gasteiger partial charge is 0.481 e. The molecule has 1 saturated heterocycles. The van der Waals surface area contributed by atoms with Gasteiger partial charge in [0.05, 0.1) is 11.5 Å². The molecule has 0 bridgehead atoms. The number of pyridine rings is 1. The number of likely N-dealkylation sites (tertiary alicyclic amines) is 1. The third-order valence-corrected chi connectivity index (χ3v) is 3.86. The molecular weight excluding hydrogens is 306 g/mol. The molecule has 0 saturated carbocycles. The fourth-order valence-corrected chi connectivity index (χ4v) is 2.48. The topological polar surface area (TPSA) is 53.4 Å². The number of benzene rings is 1. The van der Waals surface area contributed by atoms with Gasteiger partial charge in [-0.1, -0.05) is 23.5 Å². The summed E-state index contributed by atoms with van der Waals surface area (Å²) in [5, 5.41) is 8.85. The van der Waals surface area contributed by atoms with E-state index in [4.69, 9.17) is 13.0 Å². The van der Waals surface area contributed by atoms with E-state index in [9.17, 15) is 9.18 Å². The van der Waals surface area contributed by atoms with Crippen LogP contribution in [0, 0.1) is 23.6 Å². The lowest BCUT2D eigenvalue weighted by Crippen LogP contribution is -2.49. The van der Waals surface area contributed by atoms with Gasteiger partial charge in [0.25, 0.3) is 0 Å². The third-order valence-electron chi connectivity index (χ3n) is 3.86. The van der Waals surface area contributed by atoms with Crippen molar-refractivity contribution in [2.75, 3.05) is 13.1 Å². The number of aromatic nitrogens is 1. The molecule has 0 amide bonds. The molecule has 1 aliphatic heterocycles. The van der Waals surface area contributed by atoms with E-state index in [1.54, 1.807) is 24.3 Å². The quantitative estimate of drug-likeness (QED) is 0.675. The average Bonchev–Trinajstić information content (AvgIpc) is 2.51. The van der Waals surface area contributed by atoms with Gasteiger partial charge in [-0.05, 0) is 29.7 Å². The Morgan fingerprint density at radius 1 is 1.33 bits per heavy atom. The second-order valence-electron chi connectivity index (χ2n) is 5.77. The van der Waals surface area contributed by atoms with E-state index < -0.39 is 11.8 Å². The zero-order chi connectivity index (χ0) is 17.1. The number of carboxylic acids is 1. The van der Waals surface area contributed by atoms with Crippen LogP contribution >= 0.6 is 0 Å². The second kappa shape index (κ2) is 6.85. The van der Waals surface area contributed by atoms with E-state index in [0.717, 1.165) is 5.56 Å². The summed E-state index contributed by atoms with van der Waals surface area (Å²) < 4.78 is 14.1. The lowest BCUT2D eigenvalue weighted by molar-refractivity contribution is -0.147. The Morgan fingerprint density at radius 3 is 2.75 bits per heavy atom. The van der Waals surface area contributed by atoms with E-state index in [-0.39, 0.29) is 5.92 Å². The van der Waals surface area contributed by atoms with Crippen LogP contribution in [0.15, 0.2) is 36.5 Å². The third kappa shape index (κ3) is 3.81. The van der Waals surface area contributed by atoms with E-state index in [2.05, 4.69) is 16.8 Å². The van der Waals surface area contributed by atoms with Crippen molar-refractivity contribution < 1.29 is 14.3 Å². The first-order chi connectivity index (χ1) is 11.5. The van der Waals surface area contributed by atoms with Crippen molar-refractivity contribution >= 4 is 19.3 Å². The Balaban J connectivity index is 1.65. The molecule has 0 spiro atoms. The summed E-state index contributed by atoms with van der Waals surface area (Å²) in [6, 6.07) is 8.24. The van der Waals surface area contributed by atoms with Gasteiger partial charge >= 0.3 is 5.97 Å². The summed E-state index contributed by atoms with van der Waals surface area (Å²) in [7, 11) is 5.55. The molecule has 2 aromatic rings. The predicted octanol–water partition coefficient (Wildman–Crippen LogP) is 0.931. The van der Waals surface area contributed by atoms with Gasteiger partial charge < -0.3 is 5.11 Å². The smallest absolute Gasteiger partial charge is 0.309 e. The van der Waals surface area contributed by atoms with Crippen LogP contribution in [0.2, 0.25) is 0 Å². The Morgan fingerprint density at radius 2 is 2.12 bits per heavy atom. The fourth-order valence-electron chi connectivity index (χ4n) is 2.48. The number of aliphatic carboxylic acids is 1. The molecule has 3 rings (SSSR count). The highest BCUT2D eigenvalue weighted by molar-refractivity contribution is 6.32. The van der Waals surface area contributed by atoms with E-state index in [0.29, 0.717) is 36.4 Å². The van der Waals surface area contributed by atoms with Gasteiger partial charge in [-0.3, -0.25) is 9.69 Å². The van der Waals surface area contributed by atoms with Gasteiger partial charge in [0.15, 0.2) is 0 Å². The molecule has 1 aliphatic rings. The Labute approximate surface area is 140 Å². The van der Waals surface area contributed by atoms with Crippen molar-refractivity contribution in [2.24, 2.45) is 5.92 Å². The maximum Gasteiger partial charge on any atom is 0.309 e. The van der Waals surface area contributed by atoms with E-state index >= 15 is 0 Å². The Bertz CT molecular complexity index is 821. The van der Waals surface area contributed by atoms with Gasteiger partial charge in [-0.2, -0.15) is 0 Å². The highest BCUT2D eigenvalue weighted by atomic mass is 19.1. The summed E-state index contributed by atoms with van der Waals surface area (Å²) in [5.74, 6) is 4.07. The fraction of sp³-hybridized carbons (Fsp3) is 0.222. The lowest BCUT2D eigenvalue weighted by Gasteiger charge is -2.36. The van der Waals surface area contributed by atoms with Gasteiger partial charge in [0.2, 0.25) is 0 Å². The highest BCUT2D eigenvalue weighted by Gasteiger charge is 2.32. The second-order valence-corrected chi connectivity index (χ2v) is 5.77. The van der Waals surface area contributed by atoms with Crippen LogP contribution < -0.4 is 5.46 Å². The van der Waals surface area contributed by atoms with E-state index in [1.165, 1.54) is 12.3 Å². The van der Waals surface area contributed by atoms with Crippen molar-refractivity contribution in [1.82, 2.24) is 9.88 Å². The predicted molar refractivity (Wildman–Crippen MR) is 88.4 cm³/mol. The molecule has 0 aliphatic carbocycles. The van der Waals surface area contributed by atoms with Crippen molar-refractivity contribution in [3.8, 4) is 11.8 Å². The van der Waals surface area contributed by atoms with Gasteiger partial charge in [0, 0.05) is 25.8 Å². The van der Waals surface area contributed by atoms with Crippen LogP contribution in [0.1, 0.15) is 16.8 Å².